The molecular formula is C38H30N4O12S2. The Morgan fingerprint density at radius 1 is 0.464 bits per heavy atom. The summed E-state index contributed by atoms with van der Waals surface area (Å²) in [6.07, 6.45) is 0. The molecule has 6 rings (SSSR count). The Balaban J connectivity index is 1.14. The highest BCUT2D eigenvalue weighted by molar-refractivity contribution is 7.86. The maximum Gasteiger partial charge on any atom is 0.314 e. The van der Waals surface area contributed by atoms with Gasteiger partial charge in [-0.3, -0.25) is 28.3 Å². The second kappa shape index (κ2) is 14.8. The maximum atomic E-state index is 13.3. The Kier molecular flexibility index (Phi) is 10.2. The normalized spacial score (nSPS) is 11.6. The van der Waals surface area contributed by atoms with Gasteiger partial charge < -0.3 is 31.5 Å². The number of phenolic OH excluding ortho intramolecular Hbond substituents is 2. The van der Waals surface area contributed by atoms with Crippen LogP contribution in [0.2, 0.25) is 0 Å². The van der Waals surface area contributed by atoms with E-state index >= 15 is 0 Å². The van der Waals surface area contributed by atoms with Crippen molar-refractivity contribution in [1.29, 1.82) is 0 Å². The van der Waals surface area contributed by atoms with Gasteiger partial charge in [0.25, 0.3) is 32.1 Å². The molecular weight excluding hydrogens is 769 g/mol. The molecule has 6 aromatic carbocycles. The Labute approximate surface area is 318 Å². The lowest BCUT2D eigenvalue weighted by Gasteiger charge is -2.13. The van der Waals surface area contributed by atoms with Crippen molar-refractivity contribution in [2.24, 2.45) is 0 Å². The zero-order valence-electron chi connectivity index (χ0n) is 29.1. The van der Waals surface area contributed by atoms with Crippen molar-refractivity contribution in [3.05, 3.63) is 119 Å². The number of aryl methyl sites for hydroxylation is 2. The highest BCUT2D eigenvalue weighted by Crippen LogP contribution is 2.33. The van der Waals surface area contributed by atoms with E-state index < -0.39 is 53.7 Å². The second-order valence-electron chi connectivity index (χ2n) is 12.6. The first-order valence-electron chi connectivity index (χ1n) is 16.2. The average Bonchev–Trinajstić information content (AvgIpc) is 3.11. The number of carbonyl (C=O) groups excluding carboxylic acids is 4. The fourth-order valence-electron chi connectivity index (χ4n) is 5.78. The molecule has 0 aromatic heterocycles. The molecule has 18 heteroatoms. The number of carbonyl (C=O) groups is 4. The third kappa shape index (κ3) is 8.43. The summed E-state index contributed by atoms with van der Waals surface area (Å²) < 4.78 is 65.2. The molecule has 0 heterocycles. The maximum absolute atomic E-state index is 13.3. The molecule has 0 aliphatic heterocycles. The highest BCUT2D eigenvalue weighted by Gasteiger charge is 2.20. The Morgan fingerprint density at radius 3 is 1.20 bits per heavy atom. The Morgan fingerprint density at radius 2 is 0.839 bits per heavy atom. The molecule has 6 aromatic rings. The third-order valence-corrected chi connectivity index (χ3v) is 10.3. The van der Waals surface area contributed by atoms with Crippen LogP contribution in [0.15, 0.2) is 107 Å². The average molecular weight is 799 g/mol. The number of rotatable bonds is 8. The molecule has 16 nitrogen and oxygen atoms in total. The largest absolute Gasteiger partial charge is 0.507 e. The number of hydrogen-bond donors (Lipinski definition) is 8. The predicted molar refractivity (Wildman–Crippen MR) is 206 cm³/mol. The van der Waals surface area contributed by atoms with Gasteiger partial charge in [-0.05, 0) is 109 Å². The molecule has 8 N–H and O–H groups in total. The van der Waals surface area contributed by atoms with Gasteiger partial charge in [0.2, 0.25) is 0 Å². The van der Waals surface area contributed by atoms with E-state index in [-0.39, 0.29) is 66.9 Å². The summed E-state index contributed by atoms with van der Waals surface area (Å²) in [4.78, 5) is 51.6. The van der Waals surface area contributed by atoms with E-state index in [9.17, 15) is 55.3 Å². The monoisotopic (exact) mass is 798 g/mol. The Bertz CT molecular complexity index is 2700. The summed E-state index contributed by atoms with van der Waals surface area (Å²) in [6, 6.07) is 21.0. The molecule has 0 bridgehead atoms. The van der Waals surface area contributed by atoms with Crippen molar-refractivity contribution < 1.29 is 55.3 Å². The number of nitrogens with one attached hydrogen (secondary N) is 4. The van der Waals surface area contributed by atoms with Crippen LogP contribution in [-0.4, -0.2) is 59.8 Å². The van der Waals surface area contributed by atoms with Crippen molar-refractivity contribution in [3.8, 4) is 11.5 Å². The lowest BCUT2D eigenvalue weighted by Crippen LogP contribution is -2.29. The van der Waals surface area contributed by atoms with Crippen LogP contribution in [0.4, 0.5) is 22.7 Å². The molecule has 4 amide bonds. The van der Waals surface area contributed by atoms with E-state index in [0.29, 0.717) is 11.1 Å². The van der Waals surface area contributed by atoms with Crippen LogP contribution in [0.25, 0.3) is 21.5 Å². The minimum Gasteiger partial charge on any atom is -0.507 e. The zero-order chi connectivity index (χ0) is 40.7. The van der Waals surface area contributed by atoms with Crippen LogP contribution >= 0.6 is 0 Å². The number of benzene rings is 6. The van der Waals surface area contributed by atoms with Gasteiger partial charge in [0.15, 0.2) is 0 Å². The highest BCUT2D eigenvalue weighted by atomic mass is 32.2. The number of phenols is 2. The molecule has 0 aliphatic carbocycles. The first kappa shape index (κ1) is 38.9. The van der Waals surface area contributed by atoms with Gasteiger partial charge >= 0.3 is 11.8 Å². The molecule has 0 saturated heterocycles. The molecule has 0 atom stereocenters. The summed E-state index contributed by atoms with van der Waals surface area (Å²) >= 11 is 0. The fraction of sp³-hybridized carbons (Fsp3) is 0.0526. The summed E-state index contributed by atoms with van der Waals surface area (Å²) in [5.74, 6) is -4.10. The number of hydrogen-bond acceptors (Lipinski definition) is 10. The number of anilines is 4. The van der Waals surface area contributed by atoms with Gasteiger partial charge in [-0.2, -0.15) is 16.8 Å². The van der Waals surface area contributed by atoms with Crippen LogP contribution < -0.4 is 21.3 Å². The third-order valence-electron chi connectivity index (χ3n) is 8.60. The van der Waals surface area contributed by atoms with E-state index in [1.54, 1.807) is 13.8 Å². The van der Waals surface area contributed by atoms with E-state index in [4.69, 9.17) is 0 Å². The molecule has 0 spiro atoms. The molecule has 56 heavy (non-hydrogen) atoms. The van der Waals surface area contributed by atoms with Gasteiger partial charge in [-0.15, -0.1) is 0 Å². The first-order chi connectivity index (χ1) is 26.3. The van der Waals surface area contributed by atoms with Gasteiger partial charge in [0.05, 0.1) is 9.79 Å². The van der Waals surface area contributed by atoms with Crippen LogP contribution in [0, 0.1) is 13.8 Å². The lowest BCUT2D eigenvalue weighted by molar-refractivity contribution is -0.132. The quantitative estimate of drug-likeness (QED) is 0.0691. The van der Waals surface area contributed by atoms with Gasteiger partial charge in [0, 0.05) is 56.8 Å². The second-order valence-corrected chi connectivity index (χ2v) is 15.4. The van der Waals surface area contributed by atoms with Gasteiger partial charge in [-0.1, -0.05) is 12.1 Å². The van der Waals surface area contributed by atoms with Crippen LogP contribution in [-0.2, 0) is 29.8 Å². The van der Waals surface area contributed by atoms with Crippen LogP contribution in [0.5, 0.6) is 11.5 Å². The molecule has 286 valence electrons. The van der Waals surface area contributed by atoms with E-state index in [1.807, 2.05) is 0 Å². The van der Waals surface area contributed by atoms with Crippen LogP contribution in [0.1, 0.15) is 31.8 Å². The number of aromatic hydroxyl groups is 2. The minimum absolute atomic E-state index is 0.0753. The van der Waals surface area contributed by atoms with Crippen molar-refractivity contribution in [3.63, 3.8) is 0 Å². The fourth-order valence-corrected chi connectivity index (χ4v) is 6.81. The van der Waals surface area contributed by atoms with E-state index in [2.05, 4.69) is 21.3 Å². The molecule has 0 fully saturated rings. The zero-order valence-corrected chi connectivity index (χ0v) is 30.7. The molecule has 0 aliphatic rings. The SMILES string of the molecule is Cc1ccc(NC(=O)C(=O)Nc2ccc(C)c(C(=O)Nc3cc(O)c4ccc(S(=O)(=O)O)cc4c3)c2)cc1C(=O)Nc1cc(O)c2ccc(S(=O)(=O)O)cc2c1. The smallest absolute Gasteiger partial charge is 0.314 e. The van der Waals surface area contributed by atoms with Crippen LogP contribution in [0.3, 0.4) is 0 Å². The Hall–Kier alpha value is -6.86. The van der Waals surface area contributed by atoms with E-state index in [1.165, 1.54) is 72.8 Å². The summed E-state index contributed by atoms with van der Waals surface area (Å²) in [5.41, 5.74) is 1.47. The van der Waals surface area contributed by atoms with Crippen molar-refractivity contribution in [2.75, 3.05) is 21.3 Å². The van der Waals surface area contributed by atoms with Crippen molar-refractivity contribution in [2.45, 2.75) is 23.6 Å². The van der Waals surface area contributed by atoms with Crippen molar-refractivity contribution >= 4 is 88.2 Å². The summed E-state index contributed by atoms with van der Waals surface area (Å²) in [5, 5.41) is 31.9. The molecule has 0 saturated carbocycles. The molecule has 0 unspecified atom stereocenters. The topological polar surface area (TPSA) is 266 Å². The van der Waals surface area contributed by atoms with Gasteiger partial charge in [0.1, 0.15) is 11.5 Å². The standard InChI is InChI=1S/C38H30N4O12S2/c1-19-3-5-23(15-31(19)35(45)41-25-11-21-13-27(55(49,50)51)7-9-29(21)33(43)17-25)39-37(47)38(48)40-24-6-4-20(2)32(16-24)36(46)42-26-12-22-14-28(56(52,53)54)8-10-30(22)34(44)18-26/h3-18,43-44H,1-2H3,(H,39,47)(H,40,48)(H,41,45)(H,42,46)(H,49,50,51)(H,52,53,54). The van der Waals surface area contributed by atoms with Gasteiger partial charge in [-0.25, -0.2) is 0 Å². The minimum atomic E-state index is -4.53. The first-order valence-corrected chi connectivity index (χ1v) is 19.1. The van der Waals surface area contributed by atoms with E-state index in [0.717, 1.165) is 24.3 Å². The molecule has 0 radical (unpaired) electrons. The lowest BCUT2D eigenvalue weighted by atomic mass is 10.1. The summed E-state index contributed by atoms with van der Waals surface area (Å²) in [6.45, 7) is 3.24. The van der Waals surface area contributed by atoms with Crippen molar-refractivity contribution in [1.82, 2.24) is 0 Å². The number of fused-ring (bicyclic) bond motifs is 2. The number of amides is 4. The summed E-state index contributed by atoms with van der Waals surface area (Å²) in [7, 11) is -9.07. The predicted octanol–water partition coefficient (Wildman–Crippen LogP) is 5.60.